The second-order valence-electron chi connectivity index (χ2n) is 4.57. The lowest BCUT2D eigenvalue weighted by atomic mass is 9.98. The van der Waals surface area contributed by atoms with Gasteiger partial charge in [-0.05, 0) is 48.2 Å². The van der Waals surface area contributed by atoms with E-state index in [2.05, 4.69) is 0 Å². The van der Waals surface area contributed by atoms with Gasteiger partial charge in [-0.1, -0.05) is 41.4 Å². The van der Waals surface area contributed by atoms with Gasteiger partial charge in [0.15, 0.2) is 0 Å². The number of benzene rings is 2. The first-order chi connectivity index (χ1) is 8.97. The summed E-state index contributed by atoms with van der Waals surface area (Å²) in [6, 6.07) is 10.2. The molecule has 1 unspecified atom stereocenters. The summed E-state index contributed by atoms with van der Waals surface area (Å²) in [4.78, 5) is 0. The van der Waals surface area contributed by atoms with Gasteiger partial charge in [-0.25, -0.2) is 4.39 Å². The quantitative estimate of drug-likeness (QED) is 0.874. The fraction of sp³-hybridized carbons (Fsp3) is 0.200. The highest BCUT2D eigenvalue weighted by Crippen LogP contribution is 2.25. The standard InChI is InChI=1S/C15H14Cl2FN/c1-9-6-11(3-5-14(9)18)15(19)8-10-2-4-12(16)13(17)7-10/h2-7,15H,8,19H2,1H3. The van der Waals surface area contributed by atoms with E-state index in [1.165, 1.54) is 6.07 Å². The molecule has 0 saturated heterocycles. The topological polar surface area (TPSA) is 26.0 Å². The van der Waals surface area contributed by atoms with Crippen molar-refractivity contribution >= 4 is 23.2 Å². The van der Waals surface area contributed by atoms with Crippen molar-refractivity contribution in [3.05, 3.63) is 69.0 Å². The van der Waals surface area contributed by atoms with Crippen molar-refractivity contribution in [2.75, 3.05) is 0 Å². The molecule has 0 fully saturated rings. The maximum Gasteiger partial charge on any atom is 0.126 e. The number of nitrogens with two attached hydrogens (primary N) is 1. The van der Waals surface area contributed by atoms with E-state index in [9.17, 15) is 4.39 Å². The van der Waals surface area contributed by atoms with Gasteiger partial charge in [0.25, 0.3) is 0 Å². The van der Waals surface area contributed by atoms with Gasteiger partial charge in [0, 0.05) is 6.04 Å². The van der Waals surface area contributed by atoms with E-state index >= 15 is 0 Å². The summed E-state index contributed by atoms with van der Waals surface area (Å²) in [5, 5.41) is 1.04. The predicted octanol–water partition coefficient (Wildman–Crippen LogP) is 4.68. The van der Waals surface area contributed by atoms with Crippen molar-refractivity contribution in [2.24, 2.45) is 5.73 Å². The average Bonchev–Trinajstić information content (AvgIpc) is 2.37. The van der Waals surface area contributed by atoms with Crippen molar-refractivity contribution in [3.63, 3.8) is 0 Å². The Morgan fingerprint density at radius 1 is 1.11 bits per heavy atom. The summed E-state index contributed by atoms with van der Waals surface area (Å²) >= 11 is 11.8. The van der Waals surface area contributed by atoms with E-state index in [-0.39, 0.29) is 11.9 Å². The van der Waals surface area contributed by atoms with Crippen LogP contribution in [0.25, 0.3) is 0 Å². The van der Waals surface area contributed by atoms with Crippen LogP contribution in [0.15, 0.2) is 36.4 Å². The van der Waals surface area contributed by atoms with Crippen molar-refractivity contribution < 1.29 is 4.39 Å². The highest BCUT2D eigenvalue weighted by atomic mass is 35.5. The Balaban J connectivity index is 2.17. The van der Waals surface area contributed by atoms with E-state index in [0.29, 0.717) is 22.0 Å². The number of aryl methyl sites for hydroxylation is 1. The molecule has 0 aliphatic heterocycles. The lowest BCUT2D eigenvalue weighted by Crippen LogP contribution is -2.13. The van der Waals surface area contributed by atoms with E-state index in [1.54, 1.807) is 31.2 Å². The number of halogens is 3. The summed E-state index contributed by atoms with van der Waals surface area (Å²) in [7, 11) is 0. The van der Waals surface area contributed by atoms with Crippen LogP contribution in [0.3, 0.4) is 0 Å². The number of hydrogen-bond acceptors (Lipinski definition) is 1. The molecule has 1 nitrogen and oxygen atoms in total. The van der Waals surface area contributed by atoms with Gasteiger partial charge in [0.1, 0.15) is 5.82 Å². The number of rotatable bonds is 3. The molecule has 4 heteroatoms. The van der Waals surface area contributed by atoms with Crippen LogP contribution in [0.5, 0.6) is 0 Å². The van der Waals surface area contributed by atoms with E-state index < -0.39 is 0 Å². The van der Waals surface area contributed by atoms with Gasteiger partial charge in [-0.3, -0.25) is 0 Å². The minimum Gasteiger partial charge on any atom is -0.324 e. The molecule has 2 aromatic rings. The summed E-state index contributed by atoms with van der Waals surface area (Å²) in [5.74, 6) is -0.217. The molecule has 100 valence electrons. The van der Waals surface area contributed by atoms with Gasteiger partial charge in [-0.15, -0.1) is 0 Å². The molecule has 0 radical (unpaired) electrons. The zero-order valence-electron chi connectivity index (χ0n) is 10.5. The molecule has 2 aromatic carbocycles. The summed E-state index contributed by atoms with van der Waals surface area (Å²) < 4.78 is 13.2. The molecule has 0 heterocycles. The van der Waals surface area contributed by atoms with Gasteiger partial charge in [0.05, 0.1) is 10.0 Å². The summed E-state index contributed by atoms with van der Waals surface area (Å²) in [6.45, 7) is 1.73. The summed E-state index contributed by atoms with van der Waals surface area (Å²) in [6.07, 6.45) is 0.627. The molecule has 2 N–H and O–H groups in total. The fourth-order valence-electron chi connectivity index (χ4n) is 1.94. The molecule has 0 amide bonds. The Labute approximate surface area is 122 Å². The van der Waals surface area contributed by atoms with E-state index in [0.717, 1.165) is 11.1 Å². The molecular weight excluding hydrogens is 284 g/mol. The first-order valence-corrected chi connectivity index (χ1v) is 6.68. The highest BCUT2D eigenvalue weighted by molar-refractivity contribution is 6.42. The van der Waals surface area contributed by atoms with Crippen molar-refractivity contribution in [3.8, 4) is 0 Å². The molecule has 19 heavy (non-hydrogen) atoms. The zero-order valence-corrected chi connectivity index (χ0v) is 12.0. The predicted molar refractivity (Wildman–Crippen MR) is 78.2 cm³/mol. The molecular formula is C15H14Cl2FN. The van der Waals surface area contributed by atoms with E-state index in [4.69, 9.17) is 28.9 Å². The second kappa shape index (κ2) is 5.91. The fourth-order valence-corrected chi connectivity index (χ4v) is 2.26. The van der Waals surface area contributed by atoms with Gasteiger partial charge in [-0.2, -0.15) is 0 Å². The SMILES string of the molecule is Cc1cc(C(N)Cc2ccc(Cl)c(Cl)c2)ccc1F. The minimum atomic E-state index is -0.217. The molecule has 0 saturated carbocycles. The molecule has 1 atom stereocenters. The van der Waals surface area contributed by atoms with Crippen LogP contribution < -0.4 is 5.73 Å². The van der Waals surface area contributed by atoms with Gasteiger partial charge < -0.3 is 5.73 Å². The van der Waals surface area contributed by atoms with Crippen molar-refractivity contribution in [2.45, 2.75) is 19.4 Å². The molecule has 2 rings (SSSR count). The third kappa shape index (κ3) is 3.47. The van der Waals surface area contributed by atoms with Crippen LogP contribution in [-0.4, -0.2) is 0 Å². The van der Waals surface area contributed by atoms with Crippen LogP contribution in [0.1, 0.15) is 22.7 Å². The van der Waals surface area contributed by atoms with Crippen LogP contribution in [0, 0.1) is 12.7 Å². The molecule has 0 aliphatic rings. The average molecular weight is 298 g/mol. The second-order valence-corrected chi connectivity index (χ2v) is 5.38. The summed E-state index contributed by atoms with van der Waals surface area (Å²) in [5.41, 5.74) is 8.65. The third-order valence-corrected chi connectivity index (χ3v) is 3.79. The number of hydrogen-bond donors (Lipinski definition) is 1. The first-order valence-electron chi connectivity index (χ1n) is 5.93. The lowest BCUT2D eigenvalue weighted by Gasteiger charge is -2.13. The Morgan fingerprint density at radius 2 is 1.84 bits per heavy atom. The Bertz CT molecular complexity index is 599. The first kappa shape index (κ1) is 14.3. The minimum absolute atomic E-state index is 0.198. The molecule has 0 aromatic heterocycles. The van der Waals surface area contributed by atoms with Crippen LogP contribution in [-0.2, 0) is 6.42 Å². The largest absolute Gasteiger partial charge is 0.324 e. The maximum absolute atomic E-state index is 13.2. The molecule has 0 bridgehead atoms. The van der Waals surface area contributed by atoms with Gasteiger partial charge >= 0.3 is 0 Å². The molecule has 0 spiro atoms. The third-order valence-electron chi connectivity index (χ3n) is 3.05. The Kier molecular flexibility index (Phi) is 4.46. The smallest absolute Gasteiger partial charge is 0.126 e. The van der Waals surface area contributed by atoms with Gasteiger partial charge in [0.2, 0.25) is 0 Å². The van der Waals surface area contributed by atoms with Crippen molar-refractivity contribution in [1.82, 2.24) is 0 Å². The van der Waals surface area contributed by atoms with Crippen LogP contribution in [0.4, 0.5) is 4.39 Å². The Morgan fingerprint density at radius 3 is 2.47 bits per heavy atom. The van der Waals surface area contributed by atoms with Crippen molar-refractivity contribution in [1.29, 1.82) is 0 Å². The van der Waals surface area contributed by atoms with Crippen LogP contribution >= 0.6 is 23.2 Å². The normalized spacial score (nSPS) is 12.5. The highest BCUT2D eigenvalue weighted by Gasteiger charge is 2.10. The monoisotopic (exact) mass is 297 g/mol. The Hall–Kier alpha value is -1.09. The molecule has 0 aliphatic carbocycles. The maximum atomic E-state index is 13.2. The lowest BCUT2D eigenvalue weighted by molar-refractivity contribution is 0.615. The zero-order chi connectivity index (χ0) is 14.0. The van der Waals surface area contributed by atoms with Crippen LogP contribution in [0.2, 0.25) is 10.0 Å². The van der Waals surface area contributed by atoms with E-state index in [1.807, 2.05) is 6.07 Å².